The number of benzene rings is 1. The maximum atomic E-state index is 11.9. The van der Waals surface area contributed by atoms with Crippen LogP contribution in [-0.4, -0.2) is 37.0 Å². The molecule has 1 saturated heterocycles. The summed E-state index contributed by atoms with van der Waals surface area (Å²) in [4.78, 5) is 13.7. The number of hydrogen-bond donors (Lipinski definition) is 1. The van der Waals surface area contributed by atoms with Crippen LogP contribution in [0.1, 0.15) is 23.6 Å². The number of fused-ring (bicyclic) bond motifs is 1. The van der Waals surface area contributed by atoms with Crippen LogP contribution in [0.3, 0.4) is 0 Å². The third-order valence-corrected chi connectivity index (χ3v) is 3.80. The molecule has 1 amide bonds. The molecule has 1 N–H and O–H groups in total. The SMILES string of the molecule is CN1CCC(NC2COCc3ccccc32)C1=O. The highest BCUT2D eigenvalue weighted by molar-refractivity contribution is 5.83. The average molecular weight is 246 g/mol. The van der Waals surface area contributed by atoms with E-state index in [2.05, 4.69) is 17.4 Å². The van der Waals surface area contributed by atoms with Crippen LogP contribution in [0.2, 0.25) is 0 Å². The molecule has 1 fully saturated rings. The summed E-state index contributed by atoms with van der Waals surface area (Å²) in [5, 5.41) is 3.44. The van der Waals surface area contributed by atoms with Gasteiger partial charge in [0, 0.05) is 13.6 Å². The molecule has 18 heavy (non-hydrogen) atoms. The van der Waals surface area contributed by atoms with Crippen molar-refractivity contribution in [2.75, 3.05) is 20.2 Å². The topological polar surface area (TPSA) is 41.6 Å². The second-order valence-electron chi connectivity index (χ2n) is 5.03. The zero-order valence-corrected chi connectivity index (χ0v) is 10.6. The number of nitrogens with one attached hydrogen (secondary N) is 1. The van der Waals surface area contributed by atoms with Gasteiger partial charge in [-0.25, -0.2) is 0 Å². The highest BCUT2D eigenvalue weighted by Gasteiger charge is 2.32. The van der Waals surface area contributed by atoms with Crippen LogP contribution in [0.5, 0.6) is 0 Å². The van der Waals surface area contributed by atoms with E-state index in [-0.39, 0.29) is 18.0 Å². The van der Waals surface area contributed by atoms with Crippen LogP contribution in [0.4, 0.5) is 0 Å². The van der Waals surface area contributed by atoms with Gasteiger partial charge in [-0.1, -0.05) is 24.3 Å². The molecule has 0 saturated carbocycles. The van der Waals surface area contributed by atoms with Crippen molar-refractivity contribution in [3.8, 4) is 0 Å². The van der Waals surface area contributed by atoms with Crippen LogP contribution in [0.25, 0.3) is 0 Å². The lowest BCUT2D eigenvalue weighted by molar-refractivity contribution is -0.128. The molecule has 2 unspecified atom stereocenters. The lowest BCUT2D eigenvalue weighted by atomic mass is 9.98. The smallest absolute Gasteiger partial charge is 0.239 e. The first-order valence-electron chi connectivity index (χ1n) is 6.42. The predicted octanol–water partition coefficient (Wildman–Crippen LogP) is 1.08. The van der Waals surface area contributed by atoms with Crippen molar-refractivity contribution in [1.29, 1.82) is 0 Å². The zero-order chi connectivity index (χ0) is 12.5. The number of carbonyl (C=O) groups is 1. The maximum absolute atomic E-state index is 11.9. The Bertz CT molecular complexity index is 461. The number of rotatable bonds is 2. The van der Waals surface area contributed by atoms with E-state index >= 15 is 0 Å². The Labute approximate surface area is 107 Å². The van der Waals surface area contributed by atoms with Crippen molar-refractivity contribution in [1.82, 2.24) is 10.2 Å². The molecule has 1 aromatic carbocycles. The Morgan fingerprint density at radius 2 is 2.17 bits per heavy atom. The summed E-state index contributed by atoms with van der Waals surface area (Å²) in [6.07, 6.45) is 0.883. The summed E-state index contributed by atoms with van der Waals surface area (Å²) < 4.78 is 5.59. The first-order valence-corrected chi connectivity index (χ1v) is 6.42. The van der Waals surface area contributed by atoms with Gasteiger partial charge in [0.2, 0.25) is 5.91 Å². The normalized spacial score (nSPS) is 27.4. The van der Waals surface area contributed by atoms with Crippen LogP contribution >= 0.6 is 0 Å². The lowest BCUT2D eigenvalue weighted by Gasteiger charge is -2.28. The lowest BCUT2D eigenvalue weighted by Crippen LogP contribution is -2.41. The van der Waals surface area contributed by atoms with Gasteiger partial charge in [-0.2, -0.15) is 0 Å². The zero-order valence-electron chi connectivity index (χ0n) is 10.6. The van der Waals surface area contributed by atoms with Crippen LogP contribution in [0, 0.1) is 0 Å². The van der Waals surface area contributed by atoms with Gasteiger partial charge >= 0.3 is 0 Å². The Hall–Kier alpha value is -1.39. The largest absolute Gasteiger partial charge is 0.375 e. The van der Waals surface area contributed by atoms with E-state index in [1.807, 2.05) is 19.2 Å². The molecular formula is C14H18N2O2. The van der Waals surface area contributed by atoms with E-state index in [0.717, 1.165) is 13.0 Å². The van der Waals surface area contributed by atoms with Crippen LogP contribution in [-0.2, 0) is 16.1 Å². The number of carbonyl (C=O) groups excluding carboxylic acids is 1. The van der Waals surface area contributed by atoms with E-state index in [1.54, 1.807) is 4.90 Å². The van der Waals surface area contributed by atoms with Crippen molar-refractivity contribution in [2.45, 2.75) is 25.1 Å². The van der Waals surface area contributed by atoms with Crippen molar-refractivity contribution in [3.63, 3.8) is 0 Å². The monoisotopic (exact) mass is 246 g/mol. The molecule has 4 nitrogen and oxygen atoms in total. The standard InChI is InChI=1S/C14H18N2O2/c1-16-7-6-12(14(16)17)15-13-9-18-8-10-4-2-3-5-11(10)13/h2-5,12-13,15H,6-9H2,1H3. The number of likely N-dealkylation sites (N-methyl/N-ethyl adjacent to an activating group) is 1. The van der Waals surface area contributed by atoms with E-state index in [0.29, 0.717) is 13.2 Å². The van der Waals surface area contributed by atoms with Crippen LogP contribution < -0.4 is 5.32 Å². The minimum atomic E-state index is -0.0604. The number of nitrogens with zero attached hydrogens (tertiary/aromatic N) is 1. The molecule has 0 spiro atoms. The van der Waals surface area contributed by atoms with Gasteiger partial charge in [0.25, 0.3) is 0 Å². The van der Waals surface area contributed by atoms with E-state index in [1.165, 1.54) is 11.1 Å². The van der Waals surface area contributed by atoms with Gasteiger partial charge in [-0.05, 0) is 17.5 Å². The fourth-order valence-corrected chi connectivity index (χ4v) is 2.74. The molecule has 2 heterocycles. The molecule has 0 aliphatic carbocycles. The molecule has 4 heteroatoms. The fourth-order valence-electron chi connectivity index (χ4n) is 2.74. The predicted molar refractivity (Wildman–Crippen MR) is 68.0 cm³/mol. The maximum Gasteiger partial charge on any atom is 0.239 e. The molecule has 2 atom stereocenters. The fraction of sp³-hybridized carbons (Fsp3) is 0.500. The molecule has 3 rings (SSSR count). The van der Waals surface area contributed by atoms with Gasteiger partial charge in [-0.15, -0.1) is 0 Å². The summed E-state index contributed by atoms with van der Waals surface area (Å²) in [5.74, 6) is 0.193. The summed E-state index contributed by atoms with van der Waals surface area (Å²) in [6.45, 7) is 2.16. The Morgan fingerprint density at radius 1 is 1.33 bits per heavy atom. The first-order chi connectivity index (χ1) is 8.75. The van der Waals surface area contributed by atoms with Gasteiger partial charge in [0.15, 0.2) is 0 Å². The Morgan fingerprint density at radius 3 is 2.94 bits per heavy atom. The van der Waals surface area contributed by atoms with Gasteiger partial charge in [0.1, 0.15) is 0 Å². The average Bonchev–Trinajstić information content (AvgIpc) is 2.71. The number of ether oxygens (including phenoxy) is 1. The molecule has 0 radical (unpaired) electrons. The molecule has 0 aromatic heterocycles. The van der Waals surface area contributed by atoms with Crippen LogP contribution in [0.15, 0.2) is 24.3 Å². The van der Waals surface area contributed by atoms with Gasteiger partial charge in [0.05, 0.1) is 25.3 Å². The highest BCUT2D eigenvalue weighted by Crippen LogP contribution is 2.26. The Kier molecular flexibility index (Phi) is 3.06. The number of likely N-dealkylation sites (tertiary alicyclic amines) is 1. The quantitative estimate of drug-likeness (QED) is 0.849. The van der Waals surface area contributed by atoms with E-state index in [4.69, 9.17) is 4.74 Å². The van der Waals surface area contributed by atoms with Crippen molar-refractivity contribution in [3.05, 3.63) is 35.4 Å². The van der Waals surface area contributed by atoms with Crippen molar-refractivity contribution in [2.24, 2.45) is 0 Å². The van der Waals surface area contributed by atoms with Gasteiger partial charge in [-0.3, -0.25) is 10.1 Å². The van der Waals surface area contributed by atoms with E-state index < -0.39 is 0 Å². The third-order valence-electron chi connectivity index (χ3n) is 3.80. The minimum Gasteiger partial charge on any atom is -0.375 e. The molecular weight excluding hydrogens is 228 g/mol. The first kappa shape index (κ1) is 11.7. The molecule has 0 bridgehead atoms. The summed E-state index contributed by atoms with van der Waals surface area (Å²) in [5.41, 5.74) is 2.49. The highest BCUT2D eigenvalue weighted by atomic mass is 16.5. The van der Waals surface area contributed by atoms with E-state index in [9.17, 15) is 4.79 Å². The number of hydrogen-bond acceptors (Lipinski definition) is 3. The second kappa shape index (κ2) is 4.71. The molecule has 1 aromatic rings. The van der Waals surface area contributed by atoms with Gasteiger partial charge < -0.3 is 9.64 Å². The molecule has 2 aliphatic heterocycles. The van der Waals surface area contributed by atoms with Crippen molar-refractivity contribution < 1.29 is 9.53 Å². The summed E-state index contributed by atoms with van der Waals surface area (Å²) in [6, 6.07) is 8.36. The summed E-state index contributed by atoms with van der Waals surface area (Å²) >= 11 is 0. The minimum absolute atomic E-state index is 0.0604. The van der Waals surface area contributed by atoms with Crippen molar-refractivity contribution >= 4 is 5.91 Å². The molecule has 2 aliphatic rings. The second-order valence-corrected chi connectivity index (χ2v) is 5.03. The summed E-state index contributed by atoms with van der Waals surface area (Å²) in [7, 11) is 1.86. The molecule has 96 valence electrons. The third kappa shape index (κ3) is 2.02. The number of amides is 1. The Balaban J connectivity index is 1.77.